The van der Waals surface area contributed by atoms with Crippen LogP contribution in [-0.4, -0.2) is 14.4 Å². The molecule has 0 aliphatic rings. The molecule has 0 aliphatic heterocycles. The minimum Gasteiger partial charge on any atom is -0.545 e. The van der Waals surface area contributed by atoms with Crippen LogP contribution < -0.4 is 9.83 Å². The van der Waals surface area contributed by atoms with E-state index in [9.17, 15) is 18.3 Å². The highest BCUT2D eigenvalue weighted by molar-refractivity contribution is 7.92. The van der Waals surface area contributed by atoms with Crippen molar-refractivity contribution in [2.45, 2.75) is 11.8 Å². The van der Waals surface area contributed by atoms with Crippen LogP contribution in [0, 0.1) is 6.92 Å². The molecule has 1 N–H and O–H groups in total. The Morgan fingerprint density at radius 3 is 2.33 bits per heavy atom. The van der Waals surface area contributed by atoms with Crippen LogP contribution in [0.5, 0.6) is 0 Å². The smallest absolute Gasteiger partial charge is 0.261 e. The highest BCUT2D eigenvalue weighted by Crippen LogP contribution is 2.23. The zero-order valence-electron chi connectivity index (χ0n) is 11.0. The van der Waals surface area contributed by atoms with E-state index in [1.165, 1.54) is 30.3 Å². The van der Waals surface area contributed by atoms with Crippen LogP contribution in [-0.2, 0) is 10.0 Å². The van der Waals surface area contributed by atoms with Crippen LogP contribution in [0.15, 0.2) is 47.4 Å². The lowest BCUT2D eigenvalue weighted by molar-refractivity contribution is -0.255. The zero-order chi connectivity index (χ0) is 15.6. The molecule has 5 nitrogen and oxygen atoms in total. The van der Waals surface area contributed by atoms with E-state index in [1.54, 1.807) is 19.1 Å². The molecule has 0 unspecified atom stereocenters. The first-order valence-corrected chi connectivity index (χ1v) is 7.76. The summed E-state index contributed by atoms with van der Waals surface area (Å²) in [5, 5.41) is 11.1. The first kappa shape index (κ1) is 15.3. The molecule has 0 amide bonds. The van der Waals surface area contributed by atoms with E-state index in [-0.39, 0.29) is 10.5 Å². The number of hydrogen-bond donors (Lipinski definition) is 1. The quantitative estimate of drug-likeness (QED) is 0.929. The predicted octanol–water partition coefficient (Wildman–Crippen LogP) is 1.81. The topological polar surface area (TPSA) is 86.3 Å². The third kappa shape index (κ3) is 3.53. The molecule has 0 bridgehead atoms. The number of carbonyl (C=O) groups excluding carboxylic acids is 1. The number of carbonyl (C=O) groups is 1. The predicted molar refractivity (Wildman–Crippen MR) is 77.8 cm³/mol. The van der Waals surface area contributed by atoms with Crippen LogP contribution in [0.3, 0.4) is 0 Å². The number of hydrogen-bond acceptors (Lipinski definition) is 4. The minimum absolute atomic E-state index is 0.0492. The van der Waals surface area contributed by atoms with E-state index in [2.05, 4.69) is 4.72 Å². The summed E-state index contributed by atoms with van der Waals surface area (Å²) < 4.78 is 26.9. The Balaban J connectivity index is 2.34. The Morgan fingerprint density at radius 1 is 1.14 bits per heavy atom. The normalized spacial score (nSPS) is 11.1. The lowest BCUT2D eigenvalue weighted by Crippen LogP contribution is -2.22. The van der Waals surface area contributed by atoms with Gasteiger partial charge in [0.05, 0.1) is 16.6 Å². The standard InChI is InChI=1S/C14H12ClNO4S/c1-9-2-5-11(15)8-13(9)16-21(19,20)12-6-3-10(4-7-12)14(17)18/h2-8,16H,1H3,(H,17,18)/p-1. The number of nitrogens with one attached hydrogen (secondary N) is 1. The van der Waals surface area contributed by atoms with E-state index in [4.69, 9.17) is 11.6 Å². The van der Waals surface area contributed by atoms with Gasteiger partial charge >= 0.3 is 0 Å². The van der Waals surface area contributed by atoms with Gasteiger partial charge in [0, 0.05) is 5.02 Å². The lowest BCUT2D eigenvalue weighted by atomic mass is 10.2. The molecule has 0 aliphatic carbocycles. The van der Waals surface area contributed by atoms with Gasteiger partial charge in [-0.25, -0.2) is 8.42 Å². The van der Waals surface area contributed by atoms with Crippen molar-refractivity contribution in [1.29, 1.82) is 0 Å². The van der Waals surface area contributed by atoms with Gasteiger partial charge in [-0.1, -0.05) is 29.8 Å². The second-order valence-electron chi connectivity index (χ2n) is 4.38. The second kappa shape index (κ2) is 5.75. The summed E-state index contributed by atoms with van der Waals surface area (Å²) in [4.78, 5) is 10.6. The van der Waals surface area contributed by atoms with Gasteiger partial charge in [-0.2, -0.15) is 0 Å². The average Bonchev–Trinajstić information content (AvgIpc) is 2.43. The molecule has 0 saturated heterocycles. The van der Waals surface area contributed by atoms with Crippen molar-refractivity contribution in [3.05, 3.63) is 58.6 Å². The van der Waals surface area contributed by atoms with Crippen molar-refractivity contribution in [3.63, 3.8) is 0 Å². The van der Waals surface area contributed by atoms with Crippen molar-refractivity contribution in [3.8, 4) is 0 Å². The number of anilines is 1. The number of rotatable bonds is 4. The Hall–Kier alpha value is -2.05. The van der Waals surface area contributed by atoms with Gasteiger partial charge in [0.25, 0.3) is 10.0 Å². The van der Waals surface area contributed by atoms with Gasteiger partial charge in [0.2, 0.25) is 0 Å². The number of aromatic carboxylic acids is 1. The molecular weight excluding hydrogens is 314 g/mol. The van der Waals surface area contributed by atoms with E-state index in [0.29, 0.717) is 16.3 Å². The fourth-order valence-corrected chi connectivity index (χ4v) is 2.97. The average molecular weight is 325 g/mol. The molecule has 2 aromatic carbocycles. The first-order valence-electron chi connectivity index (χ1n) is 5.90. The summed E-state index contributed by atoms with van der Waals surface area (Å²) in [5.41, 5.74) is 0.994. The molecular formula is C14H11ClNO4S-. The van der Waals surface area contributed by atoms with Gasteiger partial charge in [-0.15, -0.1) is 0 Å². The van der Waals surface area contributed by atoms with Gasteiger partial charge in [-0.3, -0.25) is 4.72 Å². The van der Waals surface area contributed by atoms with Crippen LogP contribution in [0.25, 0.3) is 0 Å². The van der Waals surface area contributed by atoms with Gasteiger partial charge in [0.1, 0.15) is 0 Å². The van der Waals surface area contributed by atoms with Crippen LogP contribution in [0.2, 0.25) is 5.02 Å². The van der Waals surface area contributed by atoms with Crippen molar-refractivity contribution in [2.24, 2.45) is 0 Å². The summed E-state index contributed by atoms with van der Waals surface area (Å²) in [7, 11) is -3.82. The maximum Gasteiger partial charge on any atom is 0.261 e. The van der Waals surface area contributed by atoms with Crippen LogP contribution >= 0.6 is 11.6 Å². The van der Waals surface area contributed by atoms with Crippen molar-refractivity contribution >= 4 is 33.3 Å². The molecule has 0 saturated carbocycles. The molecule has 7 heteroatoms. The molecule has 0 fully saturated rings. The molecule has 110 valence electrons. The number of benzene rings is 2. The highest BCUT2D eigenvalue weighted by Gasteiger charge is 2.15. The molecule has 21 heavy (non-hydrogen) atoms. The molecule has 0 aromatic heterocycles. The number of aryl methyl sites for hydroxylation is 1. The monoisotopic (exact) mass is 324 g/mol. The number of halogens is 1. The summed E-state index contributed by atoms with van der Waals surface area (Å²) in [6.45, 7) is 1.74. The largest absolute Gasteiger partial charge is 0.545 e. The minimum atomic E-state index is -3.82. The Labute approximate surface area is 127 Å². The van der Waals surface area contributed by atoms with E-state index in [0.717, 1.165) is 0 Å². The van der Waals surface area contributed by atoms with Crippen LogP contribution in [0.4, 0.5) is 5.69 Å². The fraction of sp³-hybridized carbons (Fsp3) is 0.0714. The van der Waals surface area contributed by atoms with E-state index >= 15 is 0 Å². The summed E-state index contributed by atoms with van der Waals surface area (Å²) in [6.07, 6.45) is 0. The van der Waals surface area contributed by atoms with Crippen molar-refractivity contribution < 1.29 is 18.3 Å². The van der Waals surface area contributed by atoms with Crippen LogP contribution in [0.1, 0.15) is 15.9 Å². The number of sulfonamides is 1. The highest BCUT2D eigenvalue weighted by atomic mass is 35.5. The Morgan fingerprint density at radius 2 is 1.76 bits per heavy atom. The Kier molecular flexibility index (Phi) is 4.20. The molecule has 0 atom stereocenters. The van der Waals surface area contributed by atoms with Gasteiger partial charge in [0.15, 0.2) is 0 Å². The SMILES string of the molecule is Cc1ccc(Cl)cc1NS(=O)(=O)c1ccc(C(=O)[O-])cc1. The molecule has 2 aromatic rings. The summed E-state index contributed by atoms with van der Waals surface area (Å²) in [6, 6.07) is 9.61. The Bertz CT molecular complexity index is 785. The number of carboxylic acid groups (broad SMARTS) is 1. The number of carboxylic acids is 1. The zero-order valence-corrected chi connectivity index (χ0v) is 12.5. The third-order valence-electron chi connectivity index (χ3n) is 2.84. The lowest BCUT2D eigenvalue weighted by Gasteiger charge is -2.11. The third-order valence-corrected chi connectivity index (χ3v) is 4.46. The van der Waals surface area contributed by atoms with E-state index in [1.807, 2.05) is 0 Å². The van der Waals surface area contributed by atoms with Gasteiger partial charge in [-0.05, 0) is 42.3 Å². The maximum absolute atomic E-state index is 12.2. The molecule has 0 radical (unpaired) electrons. The fourth-order valence-electron chi connectivity index (χ4n) is 1.68. The van der Waals surface area contributed by atoms with Crippen molar-refractivity contribution in [1.82, 2.24) is 0 Å². The van der Waals surface area contributed by atoms with E-state index < -0.39 is 16.0 Å². The van der Waals surface area contributed by atoms with Gasteiger partial charge < -0.3 is 9.90 Å². The summed E-state index contributed by atoms with van der Waals surface area (Å²) >= 11 is 5.84. The first-order chi connectivity index (χ1) is 9.79. The molecule has 0 spiro atoms. The van der Waals surface area contributed by atoms with Crippen molar-refractivity contribution in [2.75, 3.05) is 4.72 Å². The molecule has 2 rings (SSSR count). The maximum atomic E-state index is 12.2. The molecule has 0 heterocycles. The summed E-state index contributed by atoms with van der Waals surface area (Å²) in [5.74, 6) is -1.36. The second-order valence-corrected chi connectivity index (χ2v) is 6.50.